The highest BCUT2D eigenvalue weighted by molar-refractivity contribution is 7.10. The molecule has 112 valence electrons. The third-order valence-corrected chi connectivity index (χ3v) is 5.09. The SMILES string of the molecule is O=c1cc(CN2CCCCc3sccc32)nc2ccccn12. The van der Waals surface area contributed by atoms with E-state index in [-0.39, 0.29) is 5.56 Å². The number of rotatable bonds is 2. The number of hydrogen-bond donors (Lipinski definition) is 0. The van der Waals surface area contributed by atoms with Crippen LogP contribution >= 0.6 is 11.3 Å². The highest BCUT2D eigenvalue weighted by atomic mass is 32.1. The predicted octanol–water partition coefficient (Wildman–Crippen LogP) is 3.10. The Morgan fingerprint density at radius 3 is 3.14 bits per heavy atom. The maximum Gasteiger partial charge on any atom is 0.258 e. The Morgan fingerprint density at radius 2 is 2.18 bits per heavy atom. The van der Waals surface area contributed by atoms with E-state index in [0.29, 0.717) is 12.2 Å². The van der Waals surface area contributed by atoms with E-state index >= 15 is 0 Å². The molecule has 4 nitrogen and oxygen atoms in total. The second-order valence-electron chi connectivity index (χ2n) is 5.62. The second-order valence-corrected chi connectivity index (χ2v) is 6.62. The molecule has 4 heterocycles. The molecule has 0 aromatic carbocycles. The molecule has 3 aromatic rings. The molecule has 0 radical (unpaired) electrons. The molecule has 0 fully saturated rings. The van der Waals surface area contributed by atoms with Gasteiger partial charge in [0.15, 0.2) is 0 Å². The van der Waals surface area contributed by atoms with Gasteiger partial charge < -0.3 is 4.90 Å². The van der Waals surface area contributed by atoms with Gasteiger partial charge in [0.25, 0.3) is 5.56 Å². The Morgan fingerprint density at radius 1 is 1.23 bits per heavy atom. The van der Waals surface area contributed by atoms with Crippen molar-refractivity contribution < 1.29 is 0 Å². The minimum Gasteiger partial charge on any atom is -0.365 e. The molecule has 4 rings (SSSR count). The summed E-state index contributed by atoms with van der Waals surface area (Å²) in [6.07, 6.45) is 5.35. The summed E-state index contributed by atoms with van der Waals surface area (Å²) in [4.78, 5) is 20.7. The highest BCUT2D eigenvalue weighted by Crippen LogP contribution is 2.31. The quantitative estimate of drug-likeness (QED) is 0.730. The molecular formula is C17H17N3OS. The van der Waals surface area contributed by atoms with E-state index in [9.17, 15) is 4.79 Å². The molecule has 0 amide bonds. The third kappa shape index (κ3) is 2.41. The van der Waals surface area contributed by atoms with Gasteiger partial charge in [-0.05, 0) is 42.8 Å². The van der Waals surface area contributed by atoms with E-state index in [1.165, 1.54) is 23.4 Å². The van der Waals surface area contributed by atoms with Crippen LogP contribution in [0.15, 0.2) is 46.7 Å². The molecule has 0 unspecified atom stereocenters. The number of thiophene rings is 1. The zero-order chi connectivity index (χ0) is 14.9. The van der Waals surface area contributed by atoms with Crippen LogP contribution < -0.4 is 10.5 Å². The summed E-state index contributed by atoms with van der Waals surface area (Å²) in [7, 11) is 0. The number of anilines is 1. The topological polar surface area (TPSA) is 37.6 Å². The molecule has 5 heteroatoms. The zero-order valence-electron chi connectivity index (χ0n) is 12.2. The average Bonchev–Trinajstić information content (AvgIpc) is 2.91. The number of aromatic nitrogens is 2. The van der Waals surface area contributed by atoms with Crippen LogP contribution in [0.25, 0.3) is 5.65 Å². The Balaban J connectivity index is 1.71. The molecule has 0 saturated heterocycles. The Bertz CT molecular complexity index is 867. The van der Waals surface area contributed by atoms with Crippen molar-refractivity contribution >= 4 is 22.7 Å². The van der Waals surface area contributed by atoms with E-state index < -0.39 is 0 Å². The number of pyridine rings is 1. The molecule has 0 bridgehead atoms. The van der Waals surface area contributed by atoms with Crippen LogP contribution in [0.4, 0.5) is 5.69 Å². The van der Waals surface area contributed by atoms with E-state index in [1.54, 1.807) is 16.7 Å². The van der Waals surface area contributed by atoms with Gasteiger partial charge in [-0.1, -0.05) is 6.07 Å². The zero-order valence-corrected chi connectivity index (χ0v) is 13.1. The lowest BCUT2D eigenvalue weighted by Crippen LogP contribution is -2.25. The van der Waals surface area contributed by atoms with Gasteiger partial charge in [0.1, 0.15) is 5.65 Å². The molecular weight excluding hydrogens is 294 g/mol. The normalized spacial score (nSPS) is 14.8. The lowest BCUT2D eigenvalue weighted by atomic mass is 10.2. The van der Waals surface area contributed by atoms with Gasteiger partial charge in [0, 0.05) is 23.7 Å². The lowest BCUT2D eigenvalue weighted by molar-refractivity contribution is 0.707. The van der Waals surface area contributed by atoms with Crippen molar-refractivity contribution in [2.75, 3.05) is 11.4 Å². The van der Waals surface area contributed by atoms with Crippen LogP contribution in [0.1, 0.15) is 23.4 Å². The molecule has 0 N–H and O–H groups in total. The number of aryl methyl sites for hydroxylation is 1. The van der Waals surface area contributed by atoms with Crippen LogP contribution in [0, 0.1) is 0 Å². The Kier molecular flexibility index (Phi) is 3.42. The summed E-state index contributed by atoms with van der Waals surface area (Å²) in [5.74, 6) is 0. The van der Waals surface area contributed by atoms with Crippen molar-refractivity contribution in [1.82, 2.24) is 9.38 Å². The number of hydrogen-bond acceptors (Lipinski definition) is 4. The predicted molar refractivity (Wildman–Crippen MR) is 89.8 cm³/mol. The van der Waals surface area contributed by atoms with Gasteiger partial charge in [-0.3, -0.25) is 9.20 Å². The summed E-state index contributed by atoms with van der Waals surface area (Å²) in [5, 5.41) is 2.16. The first kappa shape index (κ1) is 13.5. The minimum absolute atomic E-state index is 0.0130. The van der Waals surface area contributed by atoms with Gasteiger partial charge in [0.2, 0.25) is 0 Å². The first-order chi connectivity index (χ1) is 10.8. The molecule has 1 aliphatic heterocycles. The van der Waals surface area contributed by atoms with Gasteiger partial charge in [-0.2, -0.15) is 0 Å². The van der Waals surface area contributed by atoms with Crippen LogP contribution in [0.2, 0.25) is 0 Å². The monoisotopic (exact) mass is 311 g/mol. The maximum atomic E-state index is 12.2. The largest absolute Gasteiger partial charge is 0.365 e. The molecule has 0 aliphatic carbocycles. The van der Waals surface area contributed by atoms with Gasteiger partial charge >= 0.3 is 0 Å². The molecule has 0 atom stereocenters. The van der Waals surface area contributed by atoms with Gasteiger partial charge in [-0.25, -0.2) is 4.98 Å². The first-order valence-electron chi connectivity index (χ1n) is 7.60. The third-order valence-electron chi connectivity index (χ3n) is 4.12. The summed E-state index contributed by atoms with van der Waals surface area (Å²) in [5.41, 5.74) is 2.86. The molecule has 0 saturated carbocycles. The van der Waals surface area contributed by atoms with Crippen LogP contribution in [-0.4, -0.2) is 15.9 Å². The lowest BCUT2D eigenvalue weighted by Gasteiger charge is -2.22. The van der Waals surface area contributed by atoms with Crippen molar-refractivity contribution in [1.29, 1.82) is 0 Å². The summed E-state index contributed by atoms with van der Waals surface area (Å²) >= 11 is 1.83. The summed E-state index contributed by atoms with van der Waals surface area (Å²) in [6.45, 7) is 1.73. The van der Waals surface area contributed by atoms with Crippen molar-refractivity contribution in [3.05, 3.63) is 62.8 Å². The number of fused-ring (bicyclic) bond motifs is 2. The van der Waals surface area contributed by atoms with Gasteiger partial charge in [-0.15, -0.1) is 11.3 Å². The van der Waals surface area contributed by atoms with E-state index in [2.05, 4.69) is 21.3 Å². The fourth-order valence-electron chi connectivity index (χ4n) is 3.06. The minimum atomic E-state index is -0.0130. The average molecular weight is 311 g/mol. The Hall–Kier alpha value is -2.14. The Labute approximate surface area is 132 Å². The van der Waals surface area contributed by atoms with Crippen molar-refractivity contribution in [2.45, 2.75) is 25.8 Å². The van der Waals surface area contributed by atoms with Crippen LogP contribution in [0.5, 0.6) is 0 Å². The summed E-state index contributed by atoms with van der Waals surface area (Å²) < 4.78 is 1.59. The van der Waals surface area contributed by atoms with Crippen molar-refractivity contribution in [3.8, 4) is 0 Å². The molecule has 1 aliphatic rings. The van der Waals surface area contributed by atoms with E-state index in [1.807, 2.05) is 29.5 Å². The first-order valence-corrected chi connectivity index (χ1v) is 8.48. The molecule has 3 aromatic heterocycles. The smallest absolute Gasteiger partial charge is 0.258 e. The van der Waals surface area contributed by atoms with Crippen LogP contribution in [-0.2, 0) is 13.0 Å². The van der Waals surface area contributed by atoms with E-state index in [0.717, 1.165) is 18.7 Å². The van der Waals surface area contributed by atoms with E-state index in [4.69, 9.17) is 0 Å². The van der Waals surface area contributed by atoms with Gasteiger partial charge in [0.05, 0.1) is 17.9 Å². The summed E-state index contributed by atoms with van der Waals surface area (Å²) in [6, 6.07) is 9.49. The van der Waals surface area contributed by atoms with Crippen molar-refractivity contribution in [2.24, 2.45) is 0 Å². The molecule has 0 spiro atoms. The second kappa shape index (κ2) is 5.57. The molecule has 22 heavy (non-hydrogen) atoms. The maximum absolute atomic E-state index is 12.2. The highest BCUT2D eigenvalue weighted by Gasteiger charge is 2.17. The van der Waals surface area contributed by atoms with Crippen molar-refractivity contribution in [3.63, 3.8) is 0 Å². The standard InChI is InChI=1S/C17H17N3OS/c21-17-11-13(18-16-6-2-4-9-20(16)17)12-19-8-3-1-5-15-14(19)7-10-22-15/h2,4,6-7,9-11H,1,3,5,8,12H2. The fourth-order valence-corrected chi connectivity index (χ4v) is 4.00. The van der Waals surface area contributed by atoms with Crippen LogP contribution in [0.3, 0.4) is 0 Å². The fraction of sp³-hybridized carbons (Fsp3) is 0.294. The number of nitrogens with zero attached hydrogens (tertiary/aromatic N) is 3.